The molecule has 5 nitrogen and oxygen atoms in total. The summed E-state index contributed by atoms with van der Waals surface area (Å²) in [6.45, 7) is 2.71. The van der Waals surface area contributed by atoms with Crippen molar-refractivity contribution < 1.29 is 8.78 Å². The van der Waals surface area contributed by atoms with Crippen LogP contribution in [0.15, 0.2) is 30.9 Å². The van der Waals surface area contributed by atoms with Gasteiger partial charge in [0.15, 0.2) is 28.6 Å². The lowest BCUT2D eigenvalue weighted by atomic mass is 10.3. The van der Waals surface area contributed by atoms with Crippen LogP contribution < -0.4 is 5.32 Å². The van der Waals surface area contributed by atoms with Gasteiger partial charge in [-0.1, -0.05) is 0 Å². The summed E-state index contributed by atoms with van der Waals surface area (Å²) in [5, 5.41) is 2.92. The van der Waals surface area contributed by atoms with Crippen molar-refractivity contribution in [3.63, 3.8) is 0 Å². The fourth-order valence-electron chi connectivity index (χ4n) is 1.91. The Morgan fingerprint density at radius 2 is 2.00 bits per heavy atom. The maximum Gasteiger partial charge on any atom is 0.165 e. The molecule has 0 aliphatic rings. The van der Waals surface area contributed by atoms with Gasteiger partial charge in [-0.2, -0.15) is 0 Å². The molecular weight excluding hydrogens is 264 g/mol. The van der Waals surface area contributed by atoms with Gasteiger partial charge in [0.05, 0.1) is 6.33 Å². The van der Waals surface area contributed by atoms with Gasteiger partial charge >= 0.3 is 0 Å². The van der Waals surface area contributed by atoms with E-state index >= 15 is 0 Å². The number of halogens is 2. The predicted molar refractivity (Wildman–Crippen MR) is 70.6 cm³/mol. The highest BCUT2D eigenvalue weighted by Gasteiger charge is 2.10. The molecule has 2 aromatic heterocycles. The summed E-state index contributed by atoms with van der Waals surface area (Å²) in [7, 11) is 0. The number of nitrogens with zero attached hydrogens (tertiary/aromatic N) is 4. The zero-order chi connectivity index (χ0) is 14.1. The summed E-state index contributed by atoms with van der Waals surface area (Å²) in [4.78, 5) is 12.5. The minimum atomic E-state index is -0.917. The number of aromatic nitrogens is 4. The first-order valence-corrected chi connectivity index (χ1v) is 6.07. The second kappa shape index (κ2) is 4.84. The van der Waals surface area contributed by atoms with Crippen LogP contribution in [0, 0.1) is 11.6 Å². The fourth-order valence-corrected chi connectivity index (χ4v) is 1.91. The number of aryl methyl sites for hydroxylation is 1. The molecule has 2 heterocycles. The molecule has 0 bridgehead atoms. The number of anilines is 2. The Balaban J connectivity index is 2.02. The average Bonchev–Trinajstić information content (AvgIpc) is 2.87. The van der Waals surface area contributed by atoms with E-state index in [9.17, 15) is 8.78 Å². The molecule has 0 saturated carbocycles. The topological polar surface area (TPSA) is 55.6 Å². The standard InChI is InChI=1S/C13H11F2N5/c1-2-20-7-18-11-12(16-6-17-13(11)20)19-8-3-4-9(14)10(15)5-8/h3-7H,2H2,1H3,(H,16,17,19). The van der Waals surface area contributed by atoms with Crippen molar-refractivity contribution >= 4 is 22.7 Å². The molecular formula is C13H11F2N5. The Bertz CT molecular complexity index is 769. The zero-order valence-electron chi connectivity index (χ0n) is 10.6. The van der Waals surface area contributed by atoms with Crippen LogP contribution in [-0.4, -0.2) is 19.5 Å². The van der Waals surface area contributed by atoms with Crippen LogP contribution in [0.25, 0.3) is 11.2 Å². The number of hydrogen-bond donors (Lipinski definition) is 1. The van der Waals surface area contributed by atoms with E-state index in [1.165, 1.54) is 12.4 Å². The minimum Gasteiger partial charge on any atom is -0.338 e. The molecule has 0 atom stereocenters. The van der Waals surface area contributed by atoms with Crippen LogP contribution in [0.2, 0.25) is 0 Å². The molecule has 7 heteroatoms. The van der Waals surface area contributed by atoms with Crippen molar-refractivity contribution in [2.24, 2.45) is 0 Å². The first-order valence-electron chi connectivity index (χ1n) is 6.07. The Hall–Kier alpha value is -2.57. The molecule has 3 aromatic rings. The molecule has 0 fully saturated rings. The number of imidazole rings is 1. The van der Waals surface area contributed by atoms with E-state index in [2.05, 4.69) is 20.3 Å². The third kappa shape index (κ3) is 2.07. The molecule has 1 aromatic carbocycles. The van der Waals surface area contributed by atoms with Gasteiger partial charge in [0, 0.05) is 18.3 Å². The summed E-state index contributed by atoms with van der Waals surface area (Å²) in [5.41, 5.74) is 1.67. The molecule has 102 valence electrons. The van der Waals surface area contributed by atoms with Crippen molar-refractivity contribution in [2.45, 2.75) is 13.5 Å². The van der Waals surface area contributed by atoms with Crippen LogP contribution in [0.3, 0.4) is 0 Å². The smallest absolute Gasteiger partial charge is 0.165 e. The Morgan fingerprint density at radius 1 is 1.15 bits per heavy atom. The highest BCUT2D eigenvalue weighted by atomic mass is 19.2. The second-order valence-electron chi connectivity index (χ2n) is 4.18. The summed E-state index contributed by atoms with van der Waals surface area (Å²) in [6, 6.07) is 3.56. The minimum absolute atomic E-state index is 0.398. The van der Waals surface area contributed by atoms with Crippen LogP contribution in [0.4, 0.5) is 20.3 Å². The monoisotopic (exact) mass is 275 g/mol. The van der Waals surface area contributed by atoms with E-state index < -0.39 is 11.6 Å². The van der Waals surface area contributed by atoms with E-state index in [4.69, 9.17) is 0 Å². The van der Waals surface area contributed by atoms with Crippen LogP contribution >= 0.6 is 0 Å². The maximum absolute atomic E-state index is 13.2. The zero-order valence-corrected chi connectivity index (χ0v) is 10.6. The van der Waals surface area contributed by atoms with E-state index in [1.54, 1.807) is 6.33 Å². The lowest BCUT2D eigenvalue weighted by Crippen LogP contribution is -1.99. The highest BCUT2D eigenvalue weighted by Crippen LogP contribution is 2.22. The summed E-state index contributed by atoms with van der Waals surface area (Å²) in [6.07, 6.45) is 3.06. The first kappa shape index (κ1) is 12.5. The summed E-state index contributed by atoms with van der Waals surface area (Å²) >= 11 is 0. The number of benzene rings is 1. The average molecular weight is 275 g/mol. The van der Waals surface area contributed by atoms with Crippen molar-refractivity contribution in [1.82, 2.24) is 19.5 Å². The van der Waals surface area contributed by atoms with Gasteiger partial charge in [0.25, 0.3) is 0 Å². The SMILES string of the molecule is CCn1cnc2c(Nc3ccc(F)c(F)c3)ncnc21. The fraction of sp³-hybridized carbons (Fsp3) is 0.154. The molecule has 0 radical (unpaired) electrons. The molecule has 0 unspecified atom stereocenters. The van der Waals surface area contributed by atoms with E-state index in [-0.39, 0.29) is 0 Å². The summed E-state index contributed by atoms with van der Waals surface area (Å²) < 4.78 is 28.0. The Morgan fingerprint density at radius 3 is 2.75 bits per heavy atom. The van der Waals surface area contributed by atoms with Gasteiger partial charge in [-0.05, 0) is 19.1 Å². The van der Waals surface area contributed by atoms with E-state index in [1.807, 2.05) is 11.5 Å². The number of nitrogens with one attached hydrogen (secondary N) is 1. The van der Waals surface area contributed by atoms with Gasteiger partial charge < -0.3 is 9.88 Å². The third-order valence-electron chi connectivity index (χ3n) is 2.92. The van der Waals surface area contributed by atoms with Crippen molar-refractivity contribution in [1.29, 1.82) is 0 Å². The normalized spacial score (nSPS) is 10.9. The van der Waals surface area contributed by atoms with Crippen molar-refractivity contribution in [2.75, 3.05) is 5.32 Å². The van der Waals surface area contributed by atoms with E-state index in [0.29, 0.717) is 22.7 Å². The lowest BCUT2D eigenvalue weighted by Gasteiger charge is -2.06. The molecule has 20 heavy (non-hydrogen) atoms. The van der Waals surface area contributed by atoms with Gasteiger partial charge in [0.1, 0.15) is 6.33 Å². The molecule has 0 aliphatic heterocycles. The number of rotatable bonds is 3. The molecule has 0 amide bonds. The summed E-state index contributed by atoms with van der Waals surface area (Å²) in [5.74, 6) is -1.36. The van der Waals surface area contributed by atoms with Gasteiger partial charge in [0.2, 0.25) is 0 Å². The molecule has 1 N–H and O–H groups in total. The predicted octanol–water partition coefficient (Wildman–Crippen LogP) is 2.87. The van der Waals surface area contributed by atoms with Gasteiger partial charge in [-0.15, -0.1) is 0 Å². The van der Waals surface area contributed by atoms with Crippen molar-refractivity contribution in [3.8, 4) is 0 Å². The largest absolute Gasteiger partial charge is 0.338 e. The molecule has 3 rings (SSSR count). The quantitative estimate of drug-likeness (QED) is 0.798. The Labute approximate surface area is 113 Å². The third-order valence-corrected chi connectivity index (χ3v) is 2.92. The van der Waals surface area contributed by atoms with Crippen molar-refractivity contribution in [3.05, 3.63) is 42.5 Å². The van der Waals surface area contributed by atoms with Crippen LogP contribution in [0.5, 0.6) is 0 Å². The first-order chi connectivity index (χ1) is 9.69. The number of fused-ring (bicyclic) bond motifs is 1. The van der Waals surface area contributed by atoms with Crippen LogP contribution in [0.1, 0.15) is 6.92 Å². The molecule has 0 saturated heterocycles. The maximum atomic E-state index is 13.2. The van der Waals surface area contributed by atoms with Gasteiger partial charge in [-0.25, -0.2) is 23.7 Å². The molecule has 0 aliphatic carbocycles. The number of hydrogen-bond acceptors (Lipinski definition) is 4. The highest BCUT2D eigenvalue weighted by molar-refractivity contribution is 5.85. The van der Waals surface area contributed by atoms with E-state index in [0.717, 1.165) is 18.7 Å². The molecule has 0 spiro atoms. The Kier molecular flexibility index (Phi) is 3.02. The second-order valence-corrected chi connectivity index (χ2v) is 4.18. The van der Waals surface area contributed by atoms with Gasteiger partial charge in [-0.3, -0.25) is 0 Å². The van der Waals surface area contributed by atoms with Crippen LogP contribution in [-0.2, 0) is 6.54 Å². The lowest BCUT2D eigenvalue weighted by molar-refractivity contribution is 0.509.